The van der Waals surface area contributed by atoms with Gasteiger partial charge in [0.05, 0.1) is 26.0 Å². The maximum Gasteiger partial charge on any atom is 0.274 e. The summed E-state index contributed by atoms with van der Waals surface area (Å²) in [6, 6.07) is 23.6. The molecule has 5 nitrogen and oxygen atoms in total. The second-order valence-corrected chi connectivity index (χ2v) is 9.16. The minimum atomic E-state index is -0.149. The van der Waals surface area contributed by atoms with Gasteiger partial charge in [-0.05, 0) is 85.4 Å². The quantitative estimate of drug-likeness (QED) is 0.434. The fraction of sp³-hybridized carbons (Fsp3) is 0.267. The molecule has 3 aromatic rings. The summed E-state index contributed by atoms with van der Waals surface area (Å²) in [5, 5.41) is 6.70. The van der Waals surface area contributed by atoms with Crippen LogP contribution in [0.1, 0.15) is 52.4 Å². The van der Waals surface area contributed by atoms with Crippen molar-refractivity contribution < 1.29 is 14.3 Å². The molecule has 1 amide bonds. The first kappa shape index (κ1) is 22.9. The Kier molecular flexibility index (Phi) is 6.41. The number of allylic oxidation sites excluding steroid dienone is 1. The average molecular weight is 467 g/mol. The summed E-state index contributed by atoms with van der Waals surface area (Å²) in [7, 11) is 3.34. The number of hydrogen-bond acceptors (Lipinski definition) is 4. The summed E-state index contributed by atoms with van der Waals surface area (Å²) >= 11 is 0. The molecule has 1 saturated carbocycles. The van der Waals surface area contributed by atoms with Crippen molar-refractivity contribution >= 4 is 17.7 Å². The number of methoxy groups -OCH3 is 2. The zero-order valence-electron chi connectivity index (χ0n) is 20.4. The molecule has 0 bridgehead atoms. The maximum atomic E-state index is 13.7. The van der Waals surface area contributed by atoms with Crippen LogP contribution in [0.3, 0.4) is 0 Å². The SMILES string of the molecule is COc1ccc(/C=C2/CCC[C@@H]3C2=NN(C(=O)c2ccc(C)cc2)[C@H]3c2ccc(OC)cc2)cc1. The number of hydrazone groups is 1. The van der Waals surface area contributed by atoms with Crippen LogP contribution < -0.4 is 9.47 Å². The van der Waals surface area contributed by atoms with Crippen LogP contribution in [-0.2, 0) is 0 Å². The molecular weight excluding hydrogens is 436 g/mol. The zero-order chi connectivity index (χ0) is 24.4. The molecule has 0 aromatic heterocycles. The fourth-order valence-electron chi connectivity index (χ4n) is 5.03. The van der Waals surface area contributed by atoms with Crippen LogP contribution in [0.5, 0.6) is 11.5 Å². The highest BCUT2D eigenvalue weighted by molar-refractivity contribution is 6.09. The van der Waals surface area contributed by atoms with Crippen molar-refractivity contribution in [1.29, 1.82) is 0 Å². The number of rotatable bonds is 5. The van der Waals surface area contributed by atoms with Crippen LogP contribution in [0.2, 0.25) is 0 Å². The number of aryl methyl sites for hydroxylation is 1. The van der Waals surface area contributed by atoms with Gasteiger partial charge in [-0.15, -0.1) is 0 Å². The third kappa shape index (κ3) is 4.59. The summed E-state index contributed by atoms with van der Waals surface area (Å²) in [5.41, 5.74) is 6.17. The molecule has 1 aliphatic carbocycles. The Morgan fingerprint density at radius 2 is 1.54 bits per heavy atom. The maximum absolute atomic E-state index is 13.7. The standard InChI is InChI=1S/C30H30N2O3/c1-20-7-11-23(12-8-20)30(33)32-29(22-13-17-26(35-3)18-14-22)27-6-4-5-24(28(27)31-32)19-21-9-15-25(34-2)16-10-21/h7-19,27,29H,4-6H2,1-3H3/b24-19-/t27-,29+/m1/s1. The summed E-state index contributed by atoms with van der Waals surface area (Å²) in [5.74, 6) is 1.71. The Labute approximate surface area is 206 Å². The summed E-state index contributed by atoms with van der Waals surface area (Å²) in [6.45, 7) is 2.02. The molecule has 2 aliphatic rings. The Morgan fingerprint density at radius 3 is 2.17 bits per heavy atom. The second kappa shape index (κ2) is 9.79. The molecule has 3 aromatic carbocycles. The number of nitrogens with zero attached hydrogens (tertiary/aromatic N) is 2. The van der Waals surface area contributed by atoms with Crippen LogP contribution in [0.4, 0.5) is 0 Å². The fourth-order valence-corrected chi connectivity index (χ4v) is 5.03. The van der Waals surface area contributed by atoms with E-state index in [1.165, 1.54) is 5.57 Å². The number of benzene rings is 3. The third-order valence-electron chi connectivity index (χ3n) is 6.92. The largest absolute Gasteiger partial charge is 0.497 e. The molecular formula is C30H30N2O3. The van der Waals surface area contributed by atoms with E-state index in [1.54, 1.807) is 19.2 Å². The Bertz CT molecular complexity index is 1260. The van der Waals surface area contributed by atoms with Gasteiger partial charge in [-0.1, -0.05) is 42.0 Å². The zero-order valence-corrected chi connectivity index (χ0v) is 20.4. The van der Waals surface area contributed by atoms with Crippen LogP contribution in [0.15, 0.2) is 83.5 Å². The van der Waals surface area contributed by atoms with Crippen LogP contribution in [0.25, 0.3) is 6.08 Å². The topological polar surface area (TPSA) is 51.1 Å². The van der Waals surface area contributed by atoms with Crippen LogP contribution in [-0.4, -0.2) is 30.8 Å². The molecule has 0 saturated heterocycles. The van der Waals surface area contributed by atoms with Gasteiger partial charge in [0.15, 0.2) is 0 Å². The van der Waals surface area contributed by atoms with E-state index in [4.69, 9.17) is 14.6 Å². The van der Waals surface area contributed by atoms with Gasteiger partial charge in [-0.25, -0.2) is 5.01 Å². The van der Waals surface area contributed by atoms with Crippen molar-refractivity contribution in [3.63, 3.8) is 0 Å². The van der Waals surface area contributed by atoms with E-state index >= 15 is 0 Å². The smallest absolute Gasteiger partial charge is 0.274 e. The van der Waals surface area contributed by atoms with E-state index in [1.807, 2.05) is 55.5 Å². The third-order valence-corrected chi connectivity index (χ3v) is 6.92. The van der Waals surface area contributed by atoms with E-state index in [-0.39, 0.29) is 17.9 Å². The second-order valence-electron chi connectivity index (χ2n) is 9.16. The van der Waals surface area contributed by atoms with E-state index in [0.717, 1.165) is 53.2 Å². The predicted octanol–water partition coefficient (Wildman–Crippen LogP) is 6.45. The van der Waals surface area contributed by atoms with Gasteiger partial charge >= 0.3 is 0 Å². The first-order valence-electron chi connectivity index (χ1n) is 12.0. The molecule has 2 atom stereocenters. The van der Waals surface area contributed by atoms with Crippen molar-refractivity contribution in [1.82, 2.24) is 5.01 Å². The Balaban J connectivity index is 1.55. The van der Waals surface area contributed by atoms with Gasteiger partial charge in [0.2, 0.25) is 0 Å². The van der Waals surface area contributed by atoms with E-state index in [2.05, 4.69) is 30.3 Å². The summed E-state index contributed by atoms with van der Waals surface area (Å²) in [6.07, 6.45) is 5.21. The molecule has 0 N–H and O–H groups in total. The lowest BCUT2D eigenvalue weighted by atomic mass is 9.77. The first-order chi connectivity index (χ1) is 17.1. The van der Waals surface area contributed by atoms with Gasteiger partial charge in [0.1, 0.15) is 11.5 Å². The molecule has 0 radical (unpaired) electrons. The Hall–Kier alpha value is -3.86. The number of hydrogen-bond donors (Lipinski definition) is 0. The number of ether oxygens (including phenoxy) is 2. The van der Waals surface area contributed by atoms with E-state index < -0.39 is 0 Å². The molecule has 5 heteroatoms. The van der Waals surface area contributed by atoms with Crippen LogP contribution in [0, 0.1) is 12.8 Å². The van der Waals surface area contributed by atoms with E-state index in [0.29, 0.717) is 5.56 Å². The molecule has 35 heavy (non-hydrogen) atoms. The summed E-state index contributed by atoms with van der Waals surface area (Å²) < 4.78 is 10.7. The predicted molar refractivity (Wildman–Crippen MR) is 139 cm³/mol. The summed E-state index contributed by atoms with van der Waals surface area (Å²) in [4.78, 5) is 13.7. The highest BCUT2D eigenvalue weighted by Gasteiger charge is 2.43. The van der Waals surface area contributed by atoms with Gasteiger partial charge in [-0.3, -0.25) is 4.79 Å². The van der Waals surface area contributed by atoms with Crippen molar-refractivity contribution in [3.8, 4) is 11.5 Å². The average Bonchev–Trinajstić information content (AvgIpc) is 3.30. The molecule has 0 spiro atoms. The van der Waals surface area contributed by atoms with Gasteiger partial charge in [-0.2, -0.15) is 5.10 Å². The number of amides is 1. The first-order valence-corrected chi connectivity index (χ1v) is 12.0. The number of carbonyl (C=O) groups is 1. The van der Waals surface area contributed by atoms with Gasteiger partial charge in [0.25, 0.3) is 5.91 Å². The van der Waals surface area contributed by atoms with E-state index in [9.17, 15) is 4.79 Å². The minimum Gasteiger partial charge on any atom is -0.497 e. The molecule has 1 fully saturated rings. The lowest BCUT2D eigenvalue weighted by Crippen LogP contribution is -2.31. The highest BCUT2D eigenvalue weighted by Crippen LogP contribution is 2.45. The van der Waals surface area contributed by atoms with Crippen molar-refractivity contribution in [2.75, 3.05) is 14.2 Å². The monoisotopic (exact) mass is 466 g/mol. The molecule has 5 rings (SSSR count). The lowest BCUT2D eigenvalue weighted by Gasteiger charge is -2.29. The molecule has 178 valence electrons. The number of carbonyl (C=O) groups excluding carboxylic acids is 1. The molecule has 0 unspecified atom stereocenters. The minimum absolute atomic E-state index is 0.0727. The van der Waals surface area contributed by atoms with Crippen molar-refractivity contribution in [2.45, 2.75) is 32.2 Å². The molecule has 1 heterocycles. The van der Waals surface area contributed by atoms with Crippen molar-refractivity contribution in [3.05, 3.63) is 101 Å². The Morgan fingerprint density at radius 1 is 0.914 bits per heavy atom. The van der Waals surface area contributed by atoms with Gasteiger partial charge < -0.3 is 9.47 Å². The lowest BCUT2D eigenvalue weighted by molar-refractivity contribution is 0.0681. The normalized spacial score (nSPS) is 20.4. The molecule has 1 aliphatic heterocycles. The van der Waals surface area contributed by atoms with Crippen molar-refractivity contribution in [2.24, 2.45) is 11.0 Å². The highest BCUT2D eigenvalue weighted by atomic mass is 16.5. The van der Waals surface area contributed by atoms with Crippen LogP contribution >= 0.6 is 0 Å². The van der Waals surface area contributed by atoms with Gasteiger partial charge in [0, 0.05) is 11.5 Å². The number of fused-ring (bicyclic) bond motifs is 1.